The molecule has 0 bridgehead atoms. The van der Waals surface area contributed by atoms with Crippen molar-refractivity contribution < 1.29 is 9.21 Å². The molecule has 2 heteroatoms. The summed E-state index contributed by atoms with van der Waals surface area (Å²) < 4.78 is 5.32. The standard InChI is InChI=1S/C14H12O2/c15-14(10-5-2-1-3-6-10)12-9-11(12)13-7-4-8-16-13/h1-8,11-12H,9H2/t11-,12-/m1/s1. The molecular weight excluding hydrogens is 200 g/mol. The molecule has 1 aliphatic rings. The first-order chi connectivity index (χ1) is 7.86. The van der Waals surface area contributed by atoms with E-state index in [2.05, 4.69) is 0 Å². The van der Waals surface area contributed by atoms with E-state index in [1.165, 1.54) is 0 Å². The van der Waals surface area contributed by atoms with Gasteiger partial charge in [-0.15, -0.1) is 0 Å². The van der Waals surface area contributed by atoms with Crippen molar-refractivity contribution in [1.29, 1.82) is 0 Å². The number of hydrogen-bond donors (Lipinski definition) is 0. The highest BCUT2D eigenvalue weighted by atomic mass is 16.3. The number of carbonyl (C=O) groups is 1. The fraction of sp³-hybridized carbons (Fsp3) is 0.214. The van der Waals surface area contributed by atoms with Crippen LogP contribution in [0, 0.1) is 5.92 Å². The number of ketones is 1. The van der Waals surface area contributed by atoms with E-state index >= 15 is 0 Å². The maximum absolute atomic E-state index is 12.1. The maximum atomic E-state index is 12.1. The van der Waals surface area contributed by atoms with Crippen LogP contribution in [-0.4, -0.2) is 5.78 Å². The second-order valence-corrected chi connectivity index (χ2v) is 4.19. The van der Waals surface area contributed by atoms with Crippen LogP contribution in [0.2, 0.25) is 0 Å². The SMILES string of the molecule is O=C(c1ccccc1)[C@@H]1C[C@H]1c1ccco1. The fourth-order valence-corrected chi connectivity index (χ4v) is 2.12. The van der Waals surface area contributed by atoms with Crippen LogP contribution < -0.4 is 0 Å². The van der Waals surface area contributed by atoms with Gasteiger partial charge in [0, 0.05) is 17.4 Å². The summed E-state index contributed by atoms with van der Waals surface area (Å²) >= 11 is 0. The lowest BCUT2D eigenvalue weighted by Gasteiger charge is -1.98. The lowest BCUT2D eigenvalue weighted by Crippen LogP contribution is -2.02. The summed E-state index contributed by atoms with van der Waals surface area (Å²) in [5, 5.41) is 0. The minimum atomic E-state index is 0.119. The van der Waals surface area contributed by atoms with Crippen molar-refractivity contribution in [2.75, 3.05) is 0 Å². The molecule has 0 amide bonds. The zero-order valence-corrected chi connectivity index (χ0v) is 8.80. The molecule has 2 aromatic rings. The van der Waals surface area contributed by atoms with Crippen molar-refractivity contribution in [3.8, 4) is 0 Å². The highest BCUT2D eigenvalue weighted by Crippen LogP contribution is 2.49. The first-order valence-electron chi connectivity index (χ1n) is 5.49. The second-order valence-electron chi connectivity index (χ2n) is 4.19. The Kier molecular flexibility index (Phi) is 2.13. The van der Waals surface area contributed by atoms with Gasteiger partial charge in [-0.05, 0) is 18.6 Å². The Morgan fingerprint density at radius 1 is 1.12 bits per heavy atom. The van der Waals surface area contributed by atoms with Gasteiger partial charge in [-0.3, -0.25) is 4.79 Å². The number of furan rings is 1. The summed E-state index contributed by atoms with van der Waals surface area (Å²) in [6.07, 6.45) is 2.58. The molecular formula is C14H12O2. The third-order valence-electron chi connectivity index (χ3n) is 3.09. The molecule has 2 atom stereocenters. The van der Waals surface area contributed by atoms with Crippen LogP contribution in [0.15, 0.2) is 53.1 Å². The van der Waals surface area contributed by atoms with Crippen molar-refractivity contribution in [3.63, 3.8) is 0 Å². The minimum absolute atomic E-state index is 0.119. The monoisotopic (exact) mass is 212 g/mol. The summed E-state index contributed by atoms with van der Waals surface area (Å²) in [5.74, 6) is 1.59. The maximum Gasteiger partial charge on any atom is 0.166 e. The predicted octanol–water partition coefficient (Wildman–Crippen LogP) is 3.27. The van der Waals surface area contributed by atoms with E-state index in [-0.39, 0.29) is 11.7 Å². The second kappa shape index (κ2) is 3.63. The number of hydrogen-bond acceptors (Lipinski definition) is 2. The van der Waals surface area contributed by atoms with Crippen molar-refractivity contribution in [3.05, 3.63) is 60.1 Å². The Morgan fingerprint density at radius 2 is 1.94 bits per heavy atom. The molecule has 0 spiro atoms. The van der Waals surface area contributed by atoms with E-state index < -0.39 is 0 Å². The van der Waals surface area contributed by atoms with Crippen LogP contribution in [0.1, 0.15) is 28.5 Å². The summed E-state index contributed by atoms with van der Waals surface area (Å²) in [5.41, 5.74) is 0.807. The summed E-state index contributed by atoms with van der Waals surface area (Å²) in [6.45, 7) is 0. The van der Waals surface area contributed by atoms with E-state index in [1.807, 2.05) is 42.5 Å². The van der Waals surface area contributed by atoms with E-state index in [4.69, 9.17) is 4.42 Å². The Hall–Kier alpha value is -1.83. The minimum Gasteiger partial charge on any atom is -0.469 e. The van der Waals surface area contributed by atoms with Crippen LogP contribution in [-0.2, 0) is 0 Å². The molecule has 0 unspecified atom stereocenters. The molecule has 1 aromatic carbocycles. The van der Waals surface area contributed by atoms with Gasteiger partial charge < -0.3 is 4.42 Å². The smallest absolute Gasteiger partial charge is 0.166 e. The molecule has 16 heavy (non-hydrogen) atoms. The van der Waals surface area contributed by atoms with Gasteiger partial charge in [-0.1, -0.05) is 30.3 Å². The molecule has 1 aromatic heterocycles. The van der Waals surface area contributed by atoms with Gasteiger partial charge >= 0.3 is 0 Å². The quantitative estimate of drug-likeness (QED) is 0.731. The van der Waals surface area contributed by atoms with Gasteiger partial charge in [-0.2, -0.15) is 0 Å². The summed E-state index contributed by atoms with van der Waals surface area (Å²) in [6, 6.07) is 13.3. The lowest BCUT2D eigenvalue weighted by molar-refractivity contribution is 0.0964. The van der Waals surface area contributed by atoms with Gasteiger partial charge in [0.15, 0.2) is 5.78 Å². The molecule has 1 aliphatic carbocycles. The fourth-order valence-electron chi connectivity index (χ4n) is 2.12. The number of rotatable bonds is 3. The van der Waals surface area contributed by atoms with Gasteiger partial charge in [0.1, 0.15) is 5.76 Å². The Labute approximate surface area is 93.9 Å². The molecule has 1 heterocycles. The van der Waals surface area contributed by atoms with E-state index in [1.54, 1.807) is 6.26 Å². The number of carbonyl (C=O) groups excluding carboxylic acids is 1. The topological polar surface area (TPSA) is 30.2 Å². The average molecular weight is 212 g/mol. The lowest BCUT2D eigenvalue weighted by atomic mass is 10.1. The zero-order valence-electron chi connectivity index (χ0n) is 8.80. The third-order valence-corrected chi connectivity index (χ3v) is 3.09. The number of benzene rings is 1. The largest absolute Gasteiger partial charge is 0.469 e. The van der Waals surface area contributed by atoms with Crippen LogP contribution in [0.5, 0.6) is 0 Å². The molecule has 1 saturated carbocycles. The van der Waals surface area contributed by atoms with Crippen molar-refractivity contribution in [2.45, 2.75) is 12.3 Å². The van der Waals surface area contributed by atoms with Crippen molar-refractivity contribution >= 4 is 5.78 Å². The van der Waals surface area contributed by atoms with Crippen LogP contribution >= 0.6 is 0 Å². The molecule has 0 saturated heterocycles. The predicted molar refractivity (Wildman–Crippen MR) is 60.3 cm³/mol. The van der Waals surface area contributed by atoms with Crippen LogP contribution in [0.25, 0.3) is 0 Å². The van der Waals surface area contributed by atoms with E-state index in [9.17, 15) is 4.79 Å². The Morgan fingerprint density at radius 3 is 2.62 bits per heavy atom. The molecule has 0 N–H and O–H groups in total. The average Bonchev–Trinajstić information content (AvgIpc) is 2.95. The third kappa shape index (κ3) is 1.56. The molecule has 80 valence electrons. The van der Waals surface area contributed by atoms with Gasteiger partial charge in [0.25, 0.3) is 0 Å². The molecule has 2 nitrogen and oxygen atoms in total. The van der Waals surface area contributed by atoms with Gasteiger partial charge in [-0.25, -0.2) is 0 Å². The van der Waals surface area contributed by atoms with Crippen LogP contribution in [0.3, 0.4) is 0 Å². The summed E-state index contributed by atoms with van der Waals surface area (Å²) in [4.78, 5) is 12.1. The summed E-state index contributed by atoms with van der Waals surface area (Å²) in [7, 11) is 0. The molecule has 0 aliphatic heterocycles. The Balaban J connectivity index is 1.76. The van der Waals surface area contributed by atoms with Crippen molar-refractivity contribution in [2.24, 2.45) is 5.92 Å². The van der Waals surface area contributed by atoms with E-state index in [0.717, 1.165) is 17.7 Å². The molecule has 3 rings (SSSR count). The highest BCUT2D eigenvalue weighted by molar-refractivity contribution is 6.00. The van der Waals surface area contributed by atoms with Gasteiger partial charge in [0.2, 0.25) is 0 Å². The molecule has 1 fully saturated rings. The molecule has 0 radical (unpaired) electrons. The first-order valence-corrected chi connectivity index (χ1v) is 5.49. The normalized spacial score (nSPS) is 23.0. The van der Waals surface area contributed by atoms with Crippen molar-refractivity contribution in [1.82, 2.24) is 0 Å². The Bertz CT molecular complexity index is 485. The zero-order chi connectivity index (χ0) is 11.0. The number of Topliss-reactive ketones (excluding diaryl/α,β-unsaturated/α-hetero) is 1. The van der Waals surface area contributed by atoms with Crippen LogP contribution in [0.4, 0.5) is 0 Å². The van der Waals surface area contributed by atoms with Gasteiger partial charge in [0.05, 0.1) is 6.26 Å². The first kappa shape index (κ1) is 9.40. The highest BCUT2D eigenvalue weighted by Gasteiger charge is 2.45. The van der Waals surface area contributed by atoms with E-state index in [0.29, 0.717) is 5.92 Å².